The maximum Gasteiger partial charge on any atom is 0.341 e. The van der Waals surface area contributed by atoms with Gasteiger partial charge in [-0.3, -0.25) is 0 Å². The van der Waals surface area contributed by atoms with Crippen LogP contribution < -0.4 is 0 Å². The summed E-state index contributed by atoms with van der Waals surface area (Å²) >= 11 is 0. The molecule has 0 atom stereocenters. The van der Waals surface area contributed by atoms with Crippen molar-refractivity contribution in [2.24, 2.45) is 5.41 Å². The van der Waals surface area contributed by atoms with Crippen LogP contribution in [0.5, 0.6) is 0 Å². The molecule has 0 unspecified atom stereocenters. The summed E-state index contributed by atoms with van der Waals surface area (Å²) in [5.74, 6) is 0.940. The second-order valence-electron chi connectivity index (χ2n) is 6.32. The minimum absolute atomic E-state index is 0.145. The first kappa shape index (κ1) is 14.0. The molecule has 0 radical (unpaired) electrons. The lowest BCUT2D eigenvalue weighted by Gasteiger charge is -2.17. The predicted molar refractivity (Wildman–Crippen MR) is 73.1 cm³/mol. The Kier molecular flexibility index (Phi) is 3.88. The van der Waals surface area contributed by atoms with E-state index in [0.29, 0.717) is 18.1 Å². The lowest BCUT2D eigenvalue weighted by Crippen LogP contribution is -2.16. The van der Waals surface area contributed by atoms with Crippen LogP contribution in [0, 0.1) is 5.41 Å². The zero-order valence-electron chi connectivity index (χ0n) is 12.2. The van der Waals surface area contributed by atoms with E-state index >= 15 is 0 Å². The van der Waals surface area contributed by atoms with E-state index in [9.17, 15) is 4.79 Å². The average Bonchev–Trinajstić information content (AvgIpc) is 3.10. The van der Waals surface area contributed by atoms with E-state index in [0.717, 1.165) is 30.8 Å². The number of esters is 1. The average molecular weight is 262 g/mol. The van der Waals surface area contributed by atoms with Crippen molar-refractivity contribution in [1.82, 2.24) is 9.97 Å². The standard InChI is InChI=1S/C15H22N2O2/c1-5-19-14(18)11-9-16-12(8-15(2,3)4)17-13(11)10-6-7-10/h9-10H,5-8H2,1-4H3. The van der Waals surface area contributed by atoms with Gasteiger partial charge in [0.1, 0.15) is 5.82 Å². The van der Waals surface area contributed by atoms with Gasteiger partial charge in [-0.15, -0.1) is 0 Å². The SMILES string of the molecule is CCOC(=O)c1cnc(CC(C)(C)C)nc1C1CC1. The molecule has 0 amide bonds. The molecule has 1 fully saturated rings. The molecule has 104 valence electrons. The van der Waals surface area contributed by atoms with Gasteiger partial charge in [-0.25, -0.2) is 14.8 Å². The summed E-state index contributed by atoms with van der Waals surface area (Å²) in [6.45, 7) is 8.67. The fraction of sp³-hybridized carbons (Fsp3) is 0.667. The summed E-state index contributed by atoms with van der Waals surface area (Å²) in [7, 11) is 0. The number of carbonyl (C=O) groups is 1. The topological polar surface area (TPSA) is 52.1 Å². The monoisotopic (exact) mass is 262 g/mol. The maximum atomic E-state index is 11.9. The number of hydrogen-bond acceptors (Lipinski definition) is 4. The second kappa shape index (κ2) is 5.27. The van der Waals surface area contributed by atoms with Gasteiger partial charge < -0.3 is 4.74 Å². The zero-order valence-corrected chi connectivity index (χ0v) is 12.2. The first-order valence-electron chi connectivity index (χ1n) is 6.93. The molecular formula is C15H22N2O2. The van der Waals surface area contributed by atoms with Gasteiger partial charge in [-0.1, -0.05) is 20.8 Å². The highest BCUT2D eigenvalue weighted by atomic mass is 16.5. The molecule has 1 aromatic heterocycles. The first-order chi connectivity index (χ1) is 8.90. The van der Waals surface area contributed by atoms with Crippen molar-refractivity contribution in [3.63, 3.8) is 0 Å². The van der Waals surface area contributed by atoms with E-state index in [4.69, 9.17) is 4.74 Å². The number of carbonyl (C=O) groups excluding carboxylic acids is 1. The summed E-state index contributed by atoms with van der Waals surface area (Å²) in [6, 6.07) is 0. The van der Waals surface area contributed by atoms with Crippen molar-refractivity contribution in [2.45, 2.75) is 52.9 Å². The Morgan fingerprint density at radius 3 is 2.63 bits per heavy atom. The summed E-state index contributed by atoms with van der Waals surface area (Å²) in [5.41, 5.74) is 1.57. The van der Waals surface area contributed by atoms with Gasteiger partial charge in [0.15, 0.2) is 0 Å². The molecule has 1 aliphatic carbocycles. The van der Waals surface area contributed by atoms with Gasteiger partial charge in [-0.2, -0.15) is 0 Å². The highest BCUT2D eigenvalue weighted by Gasteiger charge is 2.31. The van der Waals surface area contributed by atoms with E-state index in [1.807, 2.05) is 6.92 Å². The number of hydrogen-bond donors (Lipinski definition) is 0. The van der Waals surface area contributed by atoms with E-state index in [1.165, 1.54) is 0 Å². The third-order valence-corrected chi connectivity index (χ3v) is 3.02. The van der Waals surface area contributed by atoms with Crippen LogP contribution in [-0.2, 0) is 11.2 Å². The van der Waals surface area contributed by atoms with Crippen LogP contribution in [0.3, 0.4) is 0 Å². The number of aromatic nitrogens is 2. The lowest BCUT2D eigenvalue weighted by atomic mass is 9.92. The van der Waals surface area contributed by atoms with Crippen molar-refractivity contribution >= 4 is 5.97 Å². The first-order valence-corrected chi connectivity index (χ1v) is 6.93. The van der Waals surface area contributed by atoms with Gasteiger partial charge in [0.05, 0.1) is 17.9 Å². The molecule has 0 spiro atoms. The minimum atomic E-state index is -0.299. The number of nitrogens with zero attached hydrogens (tertiary/aromatic N) is 2. The van der Waals surface area contributed by atoms with Gasteiger partial charge >= 0.3 is 5.97 Å². The van der Waals surface area contributed by atoms with Crippen molar-refractivity contribution in [1.29, 1.82) is 0 Å². The van der Waals surface area contributed by atoms with Crippen LogP contribution in [0.2, 0.25) is 0 Å². The molecule has 1 saturated carbocycles. The molecule has 1 heterocycles. The molecule has 0 bridgehead atoms. The van der Waals surface area contributed by atoms with Gasteiger partial charge in [0.2, 0.25) is 0 Å². The molecule has 1 aromatic rings. The molecule has 4 nitrogen and oxygen atoms in total. The van der Waals surface area contributed by atoms with Crippen LogP contribution >= 0.6 is 0 Å². The lowest BCUT2D eigenvalue weighted by molar-refractivity contribution is 0.0523. The van der Waals surface area contributed by atoms with Gasteiger partial charge in [0.25, 0.3) is 0 Å². The Balaban J connectivity index is 2.28. The largest absolute Gasteiger partial charge is 0.462 e. The Morgan fingerprint density at radius 1 is 1.42 bits per heavy atom. The van der Waals surface area contributed by atoms with Crippen molar-refractivity contribution in [2.75, 3.05) is 6.61 Å². The van der Waals surface area contributed by atoms with Crippen LogP contribution in [0.25, 0.3) is 0 Å². The van der Waals surface area contributed by atoms with E-state index in [2.05, 4.69) is 30.7 Å². The molecule has 19 heavy (non-hydrogen) atoms. The summed E-state index contributed by atoms with van der Waals surface area (Å²) < 4.78 is 5.07. The summed E-state index contributed by atoms with van der Waals surface area (Å²) in [4.78, 5) is 20.8. The predicted octanol–water partition coefficient (Wildman–Crippen LogP) is 3.12. The van der Waals surface area contributed by atoms with Gasteiger partial charge in [0, 0.05) is 18.5 Å². The number of rotatable bonds is 4. The molecule has 0 N–H and O–H groups in total. The maximum absolute atomic E-state index is 11.9. The minimum Gasteiger partial charge on any atom is -0.462 e. The molecule has 2 rings (SSSR count). The summed E-state index contributed by atoms with van der Waals surface area (Å²) in [6.07, 6.45) is 4.67. The molecule has 4 heteroatoms. The molecular weight excluding hydrogens is 240 g/mol. The van der Waals surface area contributed by atoms with Crippen LogP contribution in [0.4, 0.5) is 0 Å². The Bertz CT molecular complexity index is 474. The quantitative estimate of drug-likeness (QED) is 0.782. The second-order valence-corrected chi connectivity index (χ2v) is 6.32. The third kappa shape index (κ3) is 3.75. The summed E-state index contributed by atoms with van der Waals surface area (Å²) in [5, 5.41) is 0. The van der Waals surface area contributed by atoms with E-state index in [1.54, 1.807) is 6.20 Å². The van der Waals surface area contributed by atoms with Crippen LogP contribution in [0.1, 0.15) is 68.3 Å². The van der Waals surface area contributed by atoms with Crippen molar-refractivity contribution in [3.05, 3.63) is 23.3 Å². The van der Waals surface area contributed by atoms with Crippen LogP contribution in [0.15, 0.2) is 6.20 Å². The normalized spacial score (nSPS) is 15.4. The fourth-order valence-corrected chi connectivity index (χ4v) is 2.03. The van der Waals surface area contributed by atoms with E-state index in [-0.39, 0.29) is 11.4 Å². The third-order valence-electron chi connectivity index (χ3n) is 3.02. The Hall–Kier alpha value is -1.45. The highest BCUT2D eigenvalue weighted by Crippen LogP contribution is 2.40. The van der Waals surface area contributed by atoms with Gasteiger partial charge in [-0.05, 0) is 25.2 Å². The molecule has 0 saturated heterocycles. The zero-order chi connectivity index (χ0) is 14.0. The smallest absolute Gasteiger partial charge is 0.341 e. The number of ether oxygens (including phenoxy) is 1. The van der Waals surface area contributed by atoms with E-state index < -0.39 is 0 Å². The molecule has 0 aromatic carbocycles. The Morgan fingerprint density at radius 2 is 2.11 bits per heavy atom. The Labute approximate surface area is 114 Å². The fourth-order valence-electron chi connectivity index (χ4n) is 2.03. The molecule has 1 aliphatic rings. The van der Waals surface area contributed by atoms with Crippen LogP contribution in [-0.4, -0.2) is 22.5 Å². The molecule has 0 aliphatic heterocycles. The van der Waals surface area contributed by atoms with Crippen molar-refractivity contribution in [3.8, 4) is 0 Å². The highest BCUT2D eigenvalue weighted by molar-refractivity contribution is 5.90. The van der Waals surface area contributed by atoms with Crippen molar-refractivity contribution < 1.29 is 9.53 Å².